The molecule has 9 nitrogen and oxygen atoms in total. The van der Waals surface area contributed by atoms with Gasteiger partial charge in [0.2, 0.25) is 10.0 Å². The summed E-state index contributed by atoms with van der Waals surface area (Å²) in [6, 6.07) is 22.2. The van der Waals surface area contributed by atoms with Crippen molar-refractivity contribution in [3.63, 3.8) is 0 Å². The molecule has 2 aromatic heterocycles. The Labute approximate surface area is 221 Å². The normalized spacial score (nSPS) is 12.2. The molecule has 0 spiro atoms. The summed E-state index contributed by atoms with van der Waals surface area (Å²) in [5, 5.41) is 2.90. The zero-order valence-corrected chi connectivity index (χ0v) is 22.1. The first-order valence-electron chi connectivity index (χ1n) is 11.8. The molecule has 196 valence electrons. The maximum Gasteiger partial charge on any atom is 0.277 e. The number of hydrogen-bond acceptors (Lipinski definition) is 6. The molecule has 4 rings (SSSR count). The number of aryl methyl sites for hydroxylation is 1. The van der Waals surface area contributed by atoms with Gasteiger partial charge in [0.25, 0.3) is 11.8 Å². The van der Waals surface area contributed by atoms with Crippen molar-refractivity contribution in [2.45, 2.75) is 24.4 Å². The molecule has 0 fully saturated rings. The van der Waals surface area contributed by atoms with E-state index in [0.29, 0.717) is 11.4 Å². The summed E-state index contributed by atoms with van der Waals surface area (Å²) in [7, 11) is -0.823. The van der Waals surface area contributed by atoms with E-state index in [0.717, 1.165) is 9.87 Å². The smallest absolute Gasteiger partial charge is 0.277 e. The van der Waals surface area contributed by atoms with E-state index in [4.69, 9.17) is 4.42 Å². The third kappa shape index (κ3) is 5.82. The second-order valence-corrected chi connectivity index (χ2v) is 10.9. The van der Waals surface area contributed by atoms with E-state index in [1.54, 1.807) is 37.3 Å². The van der Waals surface area contributed by atoms with Gasteiger partial charge in [0.1, 0.15) is 17.2 Å². The van der Waals surface area contributed by atoms with Crippen molar-refractivity contribution in [3.05, 3.63) is 114 Å². The predicted molar refractivity (Wildman–Crippen MR) is 143 cm³/mol. The standard InChI is InChI=1S/C28H28N4O5S/c1-20-12-17-25(37-20)26(27(33)30-19-21-9-5-4-6-10-21)32(28(34)24-11-7-8-18-29-24)22-13-15-23(16-14-22)38(35,36)31(2)3/h4-18,26H,19H2,1-3H3,(H,30,33). The second kappa shape index (κ2) is 11.4. The number of anilines is 1. The molecule has 38 heavy (non-hydrogen) atoms. The molecule has 0 aliphatic heterocycles. The molecular formula is C28H28N4O5S. The second-order valence-electron chi connectivity index (χ2n) is 8.73. The SMILES string of the molecule is Cc1ccc(C(C(=O)NCc2ccccc2)N(C(=O)c2ccccn2)c2ccc(S(=O)(=O)N(C)C)cc2)o1. The van der Waals surface area contributed by atoms with E-state index < -0.39 is 27.9 Å². The van der Waals surface area contributed by atoms with Crippen LogP contribution in [-0.2, 0) is 21.4 Å². The number of carbonyl (C=O) groups excluding carboxylic acids is 2. The minimum absolute atomic E-state index is 0.0513. The first kappa shape index (κ1) is 26.8. The predicted octanol–water partition coefficient (Wildman–Crippen LogP) is 3.94. The largest absolute Gasteiger partial charge is 0.464 e. The Morgan fingerprint density at radius 3 is 2.18 bits per heavy atom. The lowest BCUT2D eigenvalue weighted by Crippen LogP contribution is -2.44. The van der Waals surface area contributed by atoms with Crippen LogP contribution in [0.4, 0.5) is 5.69 Å². The van der Waals surface area contributed by atoms with E-state index in [2.05, 4.69) is 10.3 Å². The Bertz CT molecular complexity index is 1500. The lowest BCUT2D eigenvalue weighted by molar-refractivity contribution is -0.123. The molecule has 0 aliphatic carbocycles. The number of sulfonamides is 1. The highest BCUT2D eigenvalue weighted by molar-refractivity contribution is 7.89. The highest BCUT2D eigenvalue weighted by Crippen LogP contribution is 2.31. The molecule has 1 atom stereocenters. The van der Waals surface area contributed by atoms with Crippen molar-refractivity contribution >= 4 is 27.5 Å². The zero-order chi connectivity index (χ0) is 27.3. The maximum atomic E-state index is 13.9. The number of benzene rings is 2. The Balaban J connectivity index is 1.79. The van der Waals surface area contributed by atoms with Crippen LogP contribution in [0.5, 0.6) is 0 Å². The van der Waals surface area contributed by atoms with Gasteiger partial charge in [0, 0.05) is 32.5 Å². The Morgan fingerprint density at radius 1 is 0.921 bits per heavy atom. The van der Waals surface area contributed by atoms with Crippen LogP contribution in [0.25, 0.3) is 0 Å². The molecule has 2 amide bonds. The van der Waals surface area contributed by atoms with Gasteiger partial charge >= 0.3 is 0 Å². The number of carbonyl (C=O) groups is 2. The molecule has 1 unspecified atom stereocenters. The average Bonchev–Trinajstić information content (AvgIpc) is 3.36. The zero-order valence-electron chi connectivity index (χ0n) is 21.2. The van der Waals surface area contributed by atoms with Crippen LogP contribution in [0.15, 0.2) is 100 Å². The summed E-state index contributed by atoms with van der Waals surface area (Å²) < 4.78 is 32.2. The van der Waals surface area contributed by atoms with Crippen molar-refractivity contribution < 1.29 is 22.4 Å². The van der Waals surface area contributed by atoms with E-state index in [1.807, 2.05) is 30.3 Å². The molecule has 0 aliphatic rings. The summed E-state index contributed by atoms with van der Waals surface area (Å²) in [5.74, 6) is -0.207. The first-order chi connectivity index (χ1) is 18.2. The maximum absolute atomic E-state index is 13.9. The van der Waals surface area contributed by atoms with Gasteiger partial charge < -0.3 is 9.73 Å². The average molecular weight is 533 g/mol. The van der Waals surface area contributed by atoms with Crippen LogP contribution in [0.2, 0.25) is 0 Å². The summed E-state index contributed by atoms with van der Waals surface area (Å²) in [6.45, 7) is 1.98. The molecule has 1 N–H and O–H groups in total. The van der Waals surface area contributed by atoms with Crippen LogP contribution < -0.4 is 10.2 Å². The van der Waals surface area contributed by atoms with Crippen molar-refractivity contribution in [1.29, 1.82) is 0 Å². The first-order valence-corrected chi connectivity index (χ1v) is 13.3. The van der Waals surface area contributed by atoms with Gasteiger partial charge in [0.15, 0.2) is 6.04 Å². The molecule has 4 aromatic rings. The summed E-state index contributed by atoms with van der Waals surface area (Å²) in [6.07, 6.45) is 1.49. The van der Waals surface area contributed by atoms with Crippen molar-refractivity contribution in [2.75, 3.05) is 19.0 Å². The number of amides is 2. The number of furan rings is 1. The fourth-order valence-electron chi connectivity index (χ4n) is 3.84. The van der Waals surface area contributed by atoms with Crippen LogP contribution in [-0.4, -0.2) is 43.6 Å². The fraction of sp³-hybridized carbons (Fsp3) is 0.179. The number of rotatable bonds is 9. The van der Waals surface area contributed by atoms with E-state index in [1.165, 1.54) is 49.5 Å². The lowest BCUT2D eigenvalue weighted by atomic mass is 10.1. The number of aromatic nitrogens is 1. The van der Waals surface area contributed by atoms with Gasteiger partial charge in [0.05, 0.1) is 4.90 Å². The molecule has 10 heteroatoms. The number of pyridine rings is 1. The van der Waals surface area contributed by atoms with Gasteiger partial charge in [-0.3, -0.25) is 19.5 Å². The third-order valence-electron chi connectivity index (χ3n) is 5.84. The molecule has 0 radical (unpaired) electrons. The Kier molecular flexibility index (Phi) is 8.04. The Hall–Kier alpha value is -4.28. The van der Waals surface area contributed by atoms with Crippen LogP contribution in [0.1, 0.15) is 33.6 Å². The number of hydrogen-bond donors (Lipinski definition) is 1. The van der Waals surface area contributed by atoms with Crippen molar-refractivity contribution in [1.82, 2.24) is 14.6 Å². The van der Waals surface area contributed by atoms with Gasteiger partial charge in [-0.15, -0.1) is 0 Å². The topological polar surface area (TPSA) is 113 Å². The van der Waals surface area contributed by atoms with Crippen molar-refractivity contribution in [3.8, 4) is 0 Å². The quantitative estimate of drug-likeness (QED) is 0.349. The summed E-state index contributed by atoms with van der Waals surface area (Å²) >= 11 is 0. The fourth-order valence-corrected chi connectivity index (χ4v) is 4.74. The van der Waals surface area contributed by atoms with E-state index in [-0.39, 0.29) is 22.9 Å². The minimum atomic E-state index is -3.70. The van der Waals surface area contributed by atoms with Gasteiger partial charge in [-0.05, 0) is 61.0 Å². The molecular weight excluding hydrogens is 504 g/mol. The van der Waals surface area contributed by atoms with Crippen LogP contribution in [0, 0.1) is 6.92 Å². The highest BCUT2D eigenvalue weighted by Gasteiger charge is 2.36. The molecule has 0 saturated heterocycles. The van der Waals surface area contributed by atoms with Gasteiger partial charge in [-0.2, -0.15) is 0 Å². The molecule has 2 heterocycles. The van der Waals surface area contributed by atoms with Gasteiger partial charge in [-0.1, -0.05) is 36.4 Å². The highest BCUT2D eigenvalue weighted by atomic mass is 32.2. The monoisotopic (exact) mass is 532 g/mol. The minimum Gasteiger partial charge on any atom is -0.464 e. The van der Waals surface area contributed by atoms with E-state index in [9.17, 15) is 18.0 Å². The number of nitrogens with zero attached hydrogens (tertiary/aromatic N) is 3. The lowest BCUT2D eigenvalue weighted by Gasteiger charge is -2.30. The van der Waals surface area contributed by atoms with Gasteiger partial charge in [-0.25, -0.2) is 12.7 Å². The molecule has 0 saturated carbocycles. The van der Waals surface area contributed by atoms with Crippen molar-refractivity contribution in [2.24, 2.45) is 0 Å². The number of nitrogens with one attached hydrogen (secondary N) is 1. The van der Waals surface area contributed by atoms with Crippen LogP contribution in [0.3, 0.4) is 0 Å². The summed E-state index contributed by atoms with van der Waals surface area (Å²) in [4.78, 5) is 33.1. The van der Waals surface area contributed by atoms with E-state index >= 15 is 0 Å². The third-order valence-corrected chi connectivity index (χ3v) is 7.67. The Morgan fingerprint density at radius 2 is 1.61 bits per heavy atom. The van der Waals surface area contributed by atoms with Crippen LogP contribution >= 0.6 is 0 Å². The summed E-state index contributed by atoms with van der Waals surface area (Å²) in [5.41, 5.74) is 1.30. The molecule has 2 aromatic carbocycles. The molecule has 0 bridgehead atoms.